The van der Waals surface area contributed by atoms with Gasteiger partial charge in [0.1, 0.15) is 23.5 Å². The van der Waals surface area contributed by atoms with Crippen LogP contribution in [0.2, 0.25) is 0 Å². The highest BCUT2D eigenvalue weighted by atomic mass is 127. The largest absolute Gasteiger partial charge is 0.359 e. The van der Waals surface area contributed by atoms with Crippen LogP contribution in [0.15, 0.2) is 28.4 Å². The van der Waals surface area contributed by atoms with Gasteiger partial charge in [-0.05, 0) is 50.7 Å². The molecule has 0 unspecified atom stereocenters. The number of allylic oxidation sites excluding steroid dienone is 1. The lowest BCUT2D eigenvalue weighted by molar-refractivity contribution is 0.620. The molecule has 16 heavy (non-hydrogen) atoms. The summed E-state index contributed by atoms with van der Waals surface area (Å²) in [4.78, 5) is 0. The van der Waals surface area contributed by atoms with Crippen LogP contribution in [-0.2, 0) is 0 Å². The first-order chi connectivity index (χ1) is 7.58. The lowest BCUT2D eigenvalue weighted by Crippen LogP contribution is -1.93. The SMILES string of the molecule is N#CC(C#N)=CNc1cc(F)c(I)cc1Br. The molecule has 80 valence electrons. The second-order valence-corrected chi connectivity index (χ2v) is 4.69. The summed E-state index contributed by atoms with van der Waals surface area (Å²) in [5, 5.41) is 19.7. The van der Waals surface area contributed by atoms with Crippen LogP contribution in [0.1, 0.15) is 0 Å². The van der Waals surface area contributed by atoms with Crippen molar-refractivity contribution >= 4 is 44.2 Å². The van der Waals surface area contributed by atoms with Crippen molar-refractivity contribution in [1.29, 1.82) is 10.5 Å². The smallest absolute Gasteiger partial charge is 0.145 e. The Morgan fingerprint density at radius 2 is 2.06 bits per heavy atom. The first-order valence-electron chi connectivity index (χ1n) is 4.00. The van der Waals surface area contributed by atoms with E-state index in [2.05, 4.69) is 21.2 Å². The molecule has 1 aromatic rings. The Labute approximate surface area is 114 Å². The standard InChI is InChI=1S/C10H4BrFIN3/c11-7-1-9(13)8(12)2-10(7)16-5-6(3-14)4-15/h1-2,5,16H. The number of nitriles is 2. The van der Waals surface area contributed by atoms with Gasteiger partial charge in [0.05, 0.1) is 9.26 Å². The summed E-state index contributed by atoms with van der Waals surface area (Å²) >= 11 is 5.12. The third kappa shape index (κ3) is 3.19. The number of nitrogens with zero attached hydrogens (tertiary/aromatic N) is 2. The van der Waals surface area contributed by atoms with Crippen LogP contribution in [0.4, 0.5) is 10.1 Å². The van der Waals surface area contributed by atoms with Gasteiger partial charge in [-0.1, -0.05) is 0 Å². The van der Waals surface area contributed by atoms with Crippen molar-refractivity contribution in [2.45, 2.75) is 0 Å². The van der Waals surface area contributed by atoms with Crippen molar-refractivity contribution in [2.24, 2.45) is 0 Å². The first-order valence-corrected chi connectivity index (χ1v) is 5.87. The van der Waals surface area contributed by atoms with Gasteiger partial charge in [0, 0.05) is 10.7 Å². The molecule has 0 spiro atoms. The molecule has 0 fully saturated rings. The minimum atomic E-state index is -0.366. The van der Waals surface area contributed by atoms with Crippen LogP contribution in [-0.4, -0.2) is 0 Å². The maximum absolute atomic E-state index is 13.2. The van der Waals surface area contributed by atoms with Gasteiger partial charge in [-0.3, -0.25) is 0 Å². The quantitative estimate of drug-likeness (QED) is 0.476. The summed E-state index contributed by atoms with van der Waals surface area (Å²) in [6.45, 7) is 0. The van der Waals surface area contributed by atoms with Gasteiger partial charge in [0.25, 0.3) is 0 Å². The van der Waals surface area contributed by atoms with Gasteiger partial charge in [-0.2, -0.15) is 10.5 Å². The van der Waals surface area contributed by atoms with Crippen LogP contribution in [0.3, 0.4) is 0 Å². The number of benzene rings is 1. The molecule has 0 radical (unpaired) electrons. The maximum Gasteiger partial charge on any atom is 0.145 e. The number of anilines is 1. The van der Waals surface area contributed by atoms with Crippen LogP contribution in [0, 0.1) is 32.0 Å². The second kappa shape index (κ2) is 5.83. The average molecular weight is 392 g/mol. The van der Waals surface area contributed by atoms with E-state index in [1.807, 2.05) is 22.6 Å². The molecule has 0 heterocycles. The zero-order valence-corrected chi connectivity index (χ0v) is 11.5. The fourth-order valence-corrected chi connectivity index (χ4v) is 2.23. The molecule has 0 bridgehead atoms. The summed E-state index contributed by atoms with van der Waals surface area (Å²) in [5.74, 6) is -0.366. The fourth-order valence-electron chi connectivity index (χ4n) is 0.873. The van der Waals surface area contributed by atoms with E-state index in [4.69, 9.17) is 10.5 Å². The second-order valence-electron chi connectivity index (χ2n) is 2.67. The molecule has 0 saturated carbocycles. The molecule has 6 heteroatoms. The molecular weight excluding hydrogens is 388 g/mol. The molecule has 0 atom stereocenters. The number of hydrogen-bond acceptors (Lipinski definition) is 3. The van der Waals surface area contributed by atoms with E-state index in [0.29, 0.717) is 13.7 Å². The lowest BCUT2D eigenvalue weighted by atomic mass is 10.3. The van der Waals surface area contributed by atoms with Crippen LogP contribution >= 0.6 is 38.5 Å². The molecule has 1 aromatic carbocycles. The summed E-state index contributed by atoms with van der Waals surface area (Å²) < 4.78 is 14.4. The number of nitrogens with one attached hydrogen (secondary N) is 1. The van der Waals surface area contributed by atoms with E-state index >= 15 is 0 Å². The predicted octanol–water partition coefficient (Wildman–Crippen LogP) is 3.54. The molecule has 1 rings (SSSR count). The molecule has 0 aliphatic heterocycles. The van der Waals surface area contributed by atoms with Gasteiger partial charge < -0.3 is 5.32 Å². The topological polar surface area (TPSA) is 59.6 Å². The van der Waals surface area contributed by atoms with E-state index in [-0.39, 0.29) is 11.4 Å². The Hall–Kier alpha value is -1.12. The number of hydrogen-bond donors (Lipinski definition) is 1. The van der Waals surface area contributed by atoms with Crippen LogP contribution in [0.5, 0.6) is 0 Å². The lowest BCUT2D eigenvalue weighted by Gasteiger charge is -2.05. The maximum atomic E-state index is 13.2. The predicted molar refractivity (Wildman–Crippen MR) is 69.7 cm³/mol. The Kier molecular flexibility index (Phi) is 4.71. The van der Waals surface area contributed by atoms with Crippen molar-refractivity contribution in [3.05, 3.63) is 37.8 Å². The van der Waals surface area contributed by atoms with Gasteiger partial charge >= 0.3 is 0 Å². The van der Waals surface area contributed by atoms with E-state index in [0.717, 1.165) is 0 Å². The summed E-state index contributed by atoms with van der Waals surface area (Å²) in [5.41, 5.74) is 0.381. The Bertz CT molecular complexity index is 512. The molecule has 0 amide bonds. The molecule has 0 aromatic heterocycles. The molecule has 3 nitrogen and oxygen atoms in total. The molecule has 1 N–H and O–H groups in total. The van der Waals surface area contributed by atoms with Crippen molar-refractivity contribution in [1.82, 2.24) is 0 Å². The van der Waals surface area contributed by atoms with E-state index < -0.39 is 0 Å². The Morgan fingerprint density at radius 1 is 1.44 bits per heavy atom. The van der Waals surface area contributed by atoms with E-state index in [1.54, 1.807) is 18.2 Å². The first kappa shape index (κ1) is 12.9. The van der Waals surface area contributed by atoms with E-state index in [1.165, 1.54) is 12.3 Å². The van der Waals surface area contributed by atoms with Crippen LogP contribution in [0.25, 0.3) is 0 Å². The molecule has 0 saturated heterocycles. The third-order valence-electron chi connectivity index (χ3n) is 1.62. The highest BCUT2D eigenvalue weighted by Gasteiger charge is 2.05. The van der Waals surface area contributed by atoms with Gasteiger partial charge in [-0.15, -0.1) is 0 Å². The Morgan fingerprint density at radius 3 is 2.62 bits per heavy atom. The third-order valence-corrected chi connectivity index (χ3v) is 3.11. The van der Waals surface area contributed by atoms with Crippen molar-refractivity contribution in [2.75, 3.05) is 5.32 Å². The average Bonchev–Trinajstić information content (AvgIpc) is 2.26. The summed E-state index contributed by atoms with van der Waals surface area (Å²) in [7, 11) is 0. The minimum absolute atomic E-state index is 0.0779. The minimum Gasteiger partial charge on any atom is -0.359 e. The fraction of sp³-hybridized carbons (Fsp3) is 0. The van der Waals surface area contributed by atoms with Gasteiger partial charge in [0.15, 0.2) is 0 Å². The Balaban J connectivity index is 3.01. The molecule has 0 aliphatic rings. The zero-order chi connectivity index (χ0) is 12.1. The monoisotopic (exact) mass is 391 g/mol. The van der Waals surface area contributed by atoms with Crippen molar-refractivity contribution in [3.63, 3.8) is 0 Å². The highest BCUT2D eigenvalue weighted by molar-refractivity contribution is 14.1. The van der Waals surface area contributed by atoms with Crippen molar-refractivity contribution < 1.29 is 4.39 Å². The molecule has 0 aliphatic carbocycles. The van der Waals surface area contributed by atoms with Crippen molar-refractivity contribution in [3.8, 4) is 12.1 Å². The summed E-state index contributed by atoms with van der Waals surface area (Å²) in [6, 6.07) is 6.28. The normalized spacial score (nSPS) is 8.81. The number of rotatable bonds is 2. The van der Waals surface area contributed by atoms with Gasteiger partial charge in [-0.25, -0.2) is 4.39 Å². The highest BCUT2D eigenvalue weighted by Crippen LogP contribution is 2.26. The summed E-state index contributed by atoms with van der Waals surface area (Å²) in [6.07, 6.45) is 1.23. The number of halogens is 3. The van der Waals surface area contributed by atoms with E-state index in [9.17, 15) is 4.39 Å². The molecular formula is C10H4BrFIN3. The van der Waals surface area contributed by atoms with Crippen LogP contribution < -0.4 is 5.32 Å². The van der Waals surface area contributed by atoms with Gasteiger partial charge in [0.2, 0.25) is 0 Å². The zero-order valence-electron chi connectivity index (χ0n) is 7.76.